The maximum Gasteiger partial charge on any atom is 0.230 e. The molecule has 9 heteroatoms. The number of halogens is 1. The lowest BCUT2D eigenvalue weighted by molar-refractivity contribution is -0.189. The Labute approximate surface area is 202 Å². The summed E-state index contributed by atoms with van der Waals surface area (Å²) < 4.78 is 37.9. The average molecular weight is 479 g/mol. The fraction of sp³-hybridized carbons (Fsp3) is 0.385. The molecule has 35 heavy (non-hydrogen) atoms. The number of ether oxygens (including phenoxy) is 4. The van der Waals surface area contributed by atoms with Gasteiger partial charge < -0.3 is 28.8 Å². The van der Waals surface area contributed by atoms with Gasteiger partial charge in [0.25, 0.3) is 0 Å². The van der Waals surface area contributed by atoms with E-state index in [-0.39, 0.29) is 11.6 Å². The van der Waals surface area contributed by atoms with Gasteiger partial charge in [-0.25, -0.2) is 14.4 Å². The zero-order valence-corrected chi connectivity index (χ0v) is 19.8. The molecule has 1 N–H and O–H groups in total. The van der Waals surface area contributed by atoms with Gasteiger partial charge in [-0.05, 0) is 37.6 Å². The van der Waals surface area contributed by atoms with E-state index in [1.165, 1.54) is 6.33 Å². The molecule has 2 fully saturated rings. The van der Waals surface area contributed by atoms with Crippen molar-refractivity contribution in [3.05, 3.63) is 48.2 Å². The molecule has 2 saturated heterocycles. The topological polar surface area (TPSA) is 81.7 Å². The molecule has 0 radical (unpaired) electrons. The van der Waals surface area contributed by atoms with E-state index in [0.717, 1.165) is 45.0 Å². The van der Waals surface area contributed by atoms with Gasteiger partial charge in [-0.15, -0.1) is 0 Å². The van der Waals surface area contributed by atoms with Gasteiger partial charge in [0.05, 0.1) is 37.8 Å². The molecular formula is C26H27FN4O4. The fourth-order valence-electron chi connectivity index (χ4n) is 4.97. The first-order chi connectivity index (χ1) is 17.0. The van der Waals surface area contributed by atoms with Crippen LogP contribution in [0, 0.1) is 18.2 Å². The van der Waals surface area contributed by atoms with E-state index in [1.54, 1.807) is 31.4 Å². The molecule has 2 aliphatic rings. The van der Waals surface area contributed by atoms with Crippen LogP contribution in [0.5, 0.6) is 23.1 Å². The summed E-state index contributed by atoms with van der Waals surface area (Å²) in [5.41, 5.74) is 2.65. The maximum absolute atomic E-state index is 15.1. The van der Waals surface area contributed by atoms with Gasteiger partial charge in [0.1, 0.15) is 6.33 Å². The molecule has 8 nitrogen and oxygen atoms in total. The number of nitrogens with zero attached hydrogens (tertiary/aromatic N) is 3. The van der Waals surface area contributed by atoms with Crippen molar-refractivity contribution in [1.82, 2.24) is 19.9 Å². The van der Waals surface area contributed by atoms with Crippen LogP contribution in [0.2, 0.25) is 0 Å². The fourth-order valence-corrected chi connectivity index (χ4v) is 4.97. The number of fused-ring (bicyclic) bond motifs is 2. The average Bonchev–Trinajstić information content (AvgIpc) is 3.19. The second-order valence-electron chi connectivity index (χ2n) is 9.50. The lowest BCUT2D eigenvalue weighted by Crippen LogP contribution is -2.65. The molecule has 0 atom stereocenters. The molecule has 6 rings (SSSR count). The highest BCUT2D eigenvalue weighted by atomic mass is 19.1. The highest BCUT2D eigenvalue weighted by Gasteiger charge is 2.48. The number of rotatable bonds is 8. The van der Waals surface area contributed by atoms with E-state index >= 15 is 4.39 Å². The minimum Gasteiger partial charge on any atom is -0.493 e. The number of likely N-dealkylation sites (tertiary alicyclic amines) is 1. The molecule has 182 valence electrons. The summed E-state index contributed by atoms with van der Waals surface area (Å²) in [5.74, 6) is 1.05. The largest absolute Gasteiger partial charge is 0.493 e. The van der Waals surface area contributed by atoms with Gasteiger partial charge >= 0.3 is 0 Å². The summed E-state index contributed by atoms with van der Waals surface area (Å²) in [7, 11) is 1.58. The van der Waals surface area contributed by atoms with Crippen LogP contribution in [-0.4, -0.2) is 66.4 Å². The lowest BCUT2D eigenvalue weighted by Gasteiger charge is -2.55. The van der Waals surface area contributed by atoms with E-state index < -0.39 is 5.82 Å². The Morgan fingerprint density at radius 2 is 1.94 bits per heavy atom. The standard InChI is InChI=1S/C26H27FN4O4/c1-16-8-17-19(30-16)4-5-21(24(17)27)35-25-18-9-22(32-2)23(10-20(18)28-15-29-25)34-7-3-6-31-11-26(12-31)13-33-14-26/h4-5,8-10,15,30H,3,6-7,11-14H2,1-2H3. The number of nitrogens with one attached hydrogen (secondary N) is 1. The van der Waals surface area contributed by atoms with Crippen molar-refractivity contribution in [2.24, 2.45) is 5.41 Å². The number of methoxy groups -OCH3 is 1. The molecule has 0 unspecified atom stereocenters. The van der Waals surface area contributed by atoms with Crippen LogP contribution in [-0.2, 0) is 4.74 Å². The molecule has 4 heterocycles. The van der Waals surface area contributed by atoms with E-state index in [0.29, 0.717) is 45.3 Å². The number of aryl methyl sites for hydroxylation is 1. The normalized spacial score (nSPS) is 16.9. The highest BCUT2D eigenvalue weighted by molar-refractivity contribution is 5.87. The van der Waals surface area contributed by atoms with Crippen LogP contribution in [0.4, 0.5) is 4.39 Å². The Hall–Kier alpha value is -3.43. The Morgan fingerprint density at radius 1 is 1.09 bits per heavy atom. The summed E-state index contributed by atoms with van der Waals surface area (Å²) in [6, 6.07) is 8.71. The van der Waals surface area contributed by atoms with Crippen molar-refractivity contribution in [2.45, 2.75) is 13.3 Å². The molecule has 2 aliphatic heterocycles. The van der Waals surface area contributed by atoms with Gasteiger partial charge in [0.15, 0.2) is 23.1 Å². The molecule has 0 saturated carbocycles. The van der Waals surface area contributed by atoms with Gasteiger partial charge in [-0.3, -0.25) is 0 Å². The second kappa shape index (κ2) is 8.66. The number of hydrogen-bond acceptors (Lipinski definition) is 7. The van der Waals surface area contributed by atoms with Crippen molar-refractivity contribution in [3.8, 4) is 23.1 Å². The SMILES string of the molecule is COc1cc2c(Oc3ccc4[nH]c(C)cc4c3F)ncnc2cc1OCCCN1CC2(COC2)C1. The van der Waals surface area contributed by atoms with E-state index in [4.69, 9.17) is 18.9 Å². The maximum atomic E-state index is 15.1. The van der Waals surface area contributed by atoms with Gasteiger partial charge in [0.2, 0.25) is 5.88 Å². The molecule has 0 bridgehead atoms. The number of benzene rings is 2. The number of hydrogen-bond donors (Lipinski definition) is 1. The summed E-state index contributed by atoms with van der Waals surface area (Å²) >= 11 is 0. The minimum atomic E-state index is -0.441. The van der Waals surface area contributed by atoms with Crippen molar-refractivity contribution in [3.63, 3.8) is 0 Å². The van der Waals surface area contributed by atoms with E-state index in [9.17, 15) is 0 Å². The third-order valence-corrected chi connectivity index (χ3v) is 6.74. The number of aromatic nitrogens is 3. The first kappa shape index (κ1) is 22.1. The lowest BCUT2D eigenvalue weighted by atomic mass is 9.78. The Kier molecular flexibility index (Phi) is 5.46. The van der Waals surface area contributed by atoms with E-state index in [2.05, 4.69) is 19.9 Å². The molecule has 0 amide bonds. The molecule has 1 spiro atoms. The molecule has 0 aliphatic carbocycles. The van der Waals surface area contributed by atoms with Crippen LogP contribution < -0.4 is 14.2 Å². The first-order valence-corrected chi connectivity index (χ1v) is 11.7. The van der Waals surface area contributed by atoms with Crippen LogP contribution in [0.15, 0.2) is 36.7 Å². The third kappa shape index (κ3) is 4.04. The zero-order chi connectivity index (χ0) is 24.0. The van der Waals surface area contributed by atoms with Gasteiger partial charge in [-0.1, -0.05) is 0 Å². The van der Waals surface area contributed by atoms with Crippen LogP contribution in [0.25, 0.3) is 21.8 Å². The number of aromatic amines is 1. The van der Waals surface area contributed by atoms with Crippen LogP contribution >= 0.6 is 0 Å². The zero-order valence-electron chi connectivity index (χ0n) is 19.8. The number of H-pyrrole nitrogens is 1. The second-order valence-corrected chi connectivity index (χ2v) is 9.50. The molecule has 2 aromatic heterocycles. The van der Waals surface area contributed by atoms with E-state index in [1.807, 2.05) is 13.0 Å². The van der Waals surface area contributed by atoms with Crippen molar-refractivity contribution < 1.29 is 23.3 Å². The summed E-state index contributed by atoms with van der Waals surface area (Å²) in [5, 5.41) is 1.08. The quantitative estimate of drug-likeness (QED) is 0.375. The highest BCUT2D eigenvalue weighted by Crippen LogP contribution is 2.39. The molecule has 2 aromatic carbocycles. The van der Waals surface area contributed by atoms with Crippen LogP contribution in [0.1, 0.15) is 12.1 Å². The smallest absolute Gasteiger partial charge is 0.230 e. The van der Waals surface area contributed by atoms with Crippen molar-refractivity contribution in [1.29, 1.82) is 0 Å². The van der Waals surface area contributed by atoms with Gasteiger partial charge in [0, 0.05) is 47.7 Å². The van der Waals surface area contributed by atoms with Crippen LogP contribution in [0.3, 0.4) is 0 Å². The predicted octanol–water partition coefficient (Wildman–Crippen LogP) is 4.46. The Bertz CT molecular complexity index is 1390. The monoisotopic (exact) mass is 478 g/mol. The third-order valence-electron chi connectivity index (χ3n) is 6.74. The Morgan fingerprint density at radius 3 is 2.71 bits per heavy atom. The molecule has 4 aromatic rings. The van der Waals surface area contributed by atoms with Crippen molar-refractivity contribution >= 4 is 21.8 Å². The first-order valence-electron chi connectivity index (χ1n) is 11.7. The van der Waals surface area contributed by atoms with Crippen molar-refractivity contribution in [2.75, 3.05) is 46.6 Å². The van der Waals surface area contributed by atoms with Gasteiger partial charge in [-0.2, -0.15) is 0 Å². The minimum absolute atomic E-state index is 0.0945. The summed E-state index contributed by atoms with van der Waals surface area (Å²) in [6.45, 7) is 7.47. The molecular weight excluding hydrogens is 451 g/mol. The summed E-state index contributed by atoms with van der Waals surface area (Å²) in [6.07, 6.45) is 2.31. The summed E-state index contributed by atoms with van der Waals surface area (Å²) in [4.78, 5) is 14.2. The Balaban J connectivity index is 1.17. The predicted molar refractivity (Wildman–Crippen MR) is 129 cm³/mol.